The van der Waals surface area contributed by atoms with Crippen molar-refractivity contribution in [1.82, 2.24) is 5.32 Å². The molecular formula is C5H10BrN. The topological polar surface area (TPSA) is 12.0 Å². The predicted octanol–water partition coefficient (Wildman–Crippen LogP) is 1.50. The third-order valence-corrected chi connectivity index (χ3v) is 0.847. The molecule has 7 heavy (non-hydrogen) atoms. The molecule has 0 aromatic heterocycles. The summed E-state index contributed by atoms with van der Waals surface area (Å²) in [6, 6.07) is 0. The van der Waals surface area contributed by atoms with E-state index in [9.17, 15) is 0 Å². The summed E-state index contributed by atoms with van der Waals surface area (Å²) >= 11 is 3.22. The van der Waals surface area contributed by atoms with Crippen molar-refractivity contribution in [3.63, 3.8) is 0 Å². The molecule has 0 aliphatic carbocycles. The van der Waals surface area contributed by atoms with Crippen molar-refractivity contribution >= 4 is 15.9 Å². The molecule has 0 saturated heterocycles. The molecule has 1 N–H and O–H groups in total. The maximum atomic E-state index is 3.65. The molecule has 0 bridgehead atoms. The third-order valence-electron chi connectivity index (χ3n) is 0.567. The highest BCUT2D eigenvalue weighted by Crippen LogP contribution is 1.95. The van der Waals surface area contributed by atoms with Gasteiger partial charge in [-0.3, -0.25) is 0 Å². The lowest BCUT2D eigenvalue weighted by Crippen LogP contribution is -2.13. The Hall–Kier alpha value is 0.180. The van der Waals surface area contributed by atoms with Gasteiger partial charge in [0.15, 0.2) is 0 Å². The smallest absolute Gasteiger partial charge is 0.0265 e. The summed E-state index contributed by atoms with van der Waals surface area (Å²) in [5, 5.41) is 3.10. The van der Waals surface area contributed by atoms with Gasteiger partial charge in [-0.05, 0) is 6.54 Å². The van der Waals surface area contributed by atoms with Crippen LogP contribution in [0, 0.1) is 0 Å². The zero-order valence-corrected chi connectivity index (χ0v) is 6.09. The van der Waals surface area contributed by atoms with Crippen LogP contribution in [0.1, 0.15) is 6.92 Å². The molecule has 42 valence electrons. The van der Waals surface area contributed by atoms with Crippen LogP contribution in [0.2, 0.25) is 0 Å². The summed E-state index contributed by atoms with van der Waals surface area (Å²) in [4.78, 5) is 0. The number of hydrogen-bond donors (Lipinski definition) is 1. The van der Waals surface area contributed by atoms with Gasteiger partial charge < -0.3 is 5.32 Å². The Morgan fingerprint density at radius 2 is 2.43 bits per heavy atom. The van der Waals surface area contributed by atoms with Gasteiger partial charge in [-0.2, -0.15) is 0 Å². The van der Waals surface area contributed by atoms with Crippen molar-refractivity contribution in [1.29, 1.82) is 0 Å². The second-order valence-corrected chi connectivity index (χ2v) is 2.42. The van der Waals surface area contributed by atoms with Crippen LogP contribution in [-0.2, 0) is 0 Å². The van der Waals surface area contributed by atoms with Crippen molar-refractivity contribution in [3.8, 4) is 0 Å². The molecule has 0 spiro atoms. The van der Waals surface area contributed by atoms with Gasteiger partial charge in [-0.1, -0.05) is 29.4 Å². The van der Waals surface area contributed by atoms with Gasteiger partial charge in [-0.15, -0.1) is 0 Å². The molecule has 0 radical (unpaired) electrons. The molecule has 0 aliphatic heterocycles. The van der Waals surface area contributed by atoms with Crippen LogP contribution in [-0.4, -0.2) is 13.1 Å². The number of rotatable bonds is 3. The lowest BCUT2D eigenvalue weighted by molar-refractivity contribution is 0.796. The number of halogens is 1. The van der Waals surface area contributed by atoms with Crippen molar-refractivity contribution in [2.75, 3.05) is 13.1 Å². The van der Waals surface area contributed by atoms with Crippen LogP contribution in [0.15, 0.2) is 11.1 Å². The van der Waals surface area contributed by atoms with Crippen LogP contribution < -0.4 is 5.32 Å². The van der Waals surface area contributed by atoms with Crippen molar-refractivity contribution in [2.45, 2.75) is 6.92 Å². The van der Waals surface area contributed by atoms with E-state index in [1.54, 1.807) is 0 Å². The highest BCUT2D eigenvalue weighted by atomic mass is 79.9. The minimum atomic E-state index is 0.872. The molecule has 0 heterocycles. The minimum absolute atomic E-state index is 0.872. The molecular weight excluding hydrogens is 154 g/mol. The molecule has 2 heteroatoms. The number of likely N-dealkylation sites (N-methyl/N-ethyl adjacent to an activating group) is 1. The Balaban J connectivity index is 2.82. The second kappa shape index (κ2) is 4.34. The minimum Gasteiger partial charge on any atom is -0.312 e. The third kappa shape index (κ3) is 6.18. The monoisotopic (exact) mass is 163 g/mol. The fourth-order valence-electron chi connectivity index (χ4n) is 0.261. The summed E-state index contributed by atoms with van der Waals surface area (Å²) in [7, 11) is 0. The van der Waals surface area contributed by atoms with Gasteiger partial charge in [0.25, 0.3) is 0 Å². The van der Waals surface area contributed by atoms with Gasteiger partial charge in [0.05, 0.1) is 0 Å². The Labute approximate surface area is 52.9 Å². The molecule has 0 amide bonds. The maximum absolute atomic E-state index is 3.65. The van der Waals surface area contributed by atoms with Crippen LogP contribution in [0.4, 0.5) is 0 Å². The number of hydrogen-bond acceptors (Lipinski definition) is 1. The van der Waals surface area contributed by atoms with Gasteiger partial charge >= 0.3 is 0 Å². The van der Waals surface area contributed by atoms with Crippen molar-refractivity contribution in [3.05, 3.63) is 11.1 Å². The average molecular weight is 164 g/mol. The standard InChI is InChI=1S/C5H10BrN/c1-3-7-4-5(2)6/h7H,2-4H2,1H3. The molecule has 0 rings (SSSR count). The van der Waals surface area contributed by atoms with E-state index >= 15 is 0 Å². The largest absolute Gasteiger partial charge is 0.312 e. The summed E-state index contributed by atoms with van der Waals surface area (Å²) in [6.07, 6.45) is 0. The van der Waals surface area contributed by atoms with E-state index in [1.165, 1.54) is 0 Å². The van der Waals surface area contributed by atoms with Crippen molar-refractivity contribution in [2.24, 2.45) is 0 Å². The van der Waals surface area contributed by atoms with E-state index in [0.29, 0.717) is 0 Å². The zero-order chi connectivity index (χ0) is 5.70. The van der Waals surface area contributed by atoms with E-state index in [2.05, 4.69) is 34.7 Å². The van der Waals surface area contributed by atoms with Gasteiger partial charge in [0.1, 0.15) is 0 Å². The van der Waals surface area contributed by atoms with E-state index in [-0.39, 0.29) is 0 Å². The van der Waals surface area contributed by atoms with Gasteiger partial charge in [0, 0.05) is 11.0 Å². The molecule has 0 fully saturated rings. The van der Waals surface area contributed by atoms with Crippen LogP contribution in [0.3, 0.4) is 0 Å². The molecule has 0 aromatic carbocycles. The predicted molar refractivity (Wildman–Crippen MR) is 36.6 cm³/mol. The molecule has 0 aliphatic rings. The Morgan fingerprint density at radius 1 is 1.86 bits per heavy atom. The molecule has 0 unspecified atom stereocenters. The molecule has 0 saturated carbocycles. The van der Waals surface area contributed by atoms with Crippen molar-refractivity contribution < 1.29 is 0 Å². The number of nitrogens with one attached hydrogen (secondary N) is 1. The van der Waals surface area contributed by atoms with Gasteiger partial charge in [-0.25, -0.2) is 0 Å². The lowest BCUT2D eigenvalue weighted by Gasteiger charge is -1.94. The molecule has 0 atom stereocenters. The van der Waals surface area contributed by atoms with E-state index in [4.69, 9.17) is 0 Å². The van der Waals surface area contributed by atoms with Crippen LogP contribution >= 0.6 is 15.9 Å². The van der Waals surface area contributed by atoms with Crippen LogP contribution in [0.25, 0.3) is 0 Å². The lowest BCUT2D eigenvalue weighted by atomic mass is 10.6. The van der Waals surface area contributed by atoms with Crippen LogP contribution in [0.5, 0.6) is 0 Å². The second-order valence-electron chi connectivity index (χ2n) is 1.30. The van der Waals surface area contributed by atoms with E-state index in [1.807, 2.05) is 0 Å². The molecule has 0 aromatic rings. The van der Waals surface area contributed by atoms with Gasteiger partial charge in [0.2, 0.25) is 0 Å². The SMILES string of the molecule is C=C(Br)CNCC. The quantitative estimate of drug-likeness (QED) is 0.666. The summed E-state index contributed by atoms with van der Waals surface area (Å²) < 4.78 is 1.01. The first-order valence-electron chi connectivity index (χ1n) is 2.31. The Morgan fingerprint density at radius 3 is 2.57 bits per heavy atom. The zero-order valence-electron chi connectivity index (χ0n) is 4.50. The van der Waals surface area contributed by atoms with E-state index < -0.39 is 0 Å². The fourth-order valence-corrected chi connectivity index (χ4v) is 0.459. The highest BCUT2D eigenvalue weighted by molar-refractivity contribution is 9.11. The fraction of sp³-hybridized carbons (Fsp3) is 0.600. The maximum Gasteiger partial charge on any atom is 0.0265 e. The normalized spacial score (nSPS) is 8.86. The summed E-state index contributed by atoms with van der Waals surface area (Å²) in [5.74, 6) is 0. The molecule has 1 nitrogen and oxygen atoms in total. The average Bonchev–Trinajstić information content (AvgIpc) is 1.61. The first-order valence-corrected chi connectivity index (χ1v) is 3.10. The Kier molecular flexibility index (Phi) is 4.45. The first-order chi connectivity index (χ1) is 3.27. The highest BCUT2D eigenvalue weighted by Gasteiger charge is 1.80. The van der Waals surface area contributed by atoms with E-state index in [0.717, 1.165) is 17.6 Å². The Bertz CT molecular complexity index is 61.1. The summed E-state index contributed by atoms with van der Waals surface area (Å²) in [5.41, 5.74) is 0. The summed E-state index contributed by atoms with van der Waals surface area (Å²) in [6.45, 7) is 7.59. The first kappa shape index (κ1) is 7.18.